The summed E-state index contributed by atoms with van der Waals surface area (Å²) in [6.45, 7) is 0. The molecule has 0 aliphatic carbocycles. The highest BCUT2D eigenvalue weighted by atomic mass is 79.9. The molecule has 0 aliphatic rings. The van der Waals surface area contributed by atoms with E-state index < -0.39 is 0 Å². The van der Waals surface area contributed by atoms with Gasteiger partial charge in [-0.05, 0) is 29.8 Å². The number of aromatic nitrogens is 2. The molecule has 0 saturated heterocycles. The van der Waals surface area contributed by atoms with Crippen molar-refractivity contribution in [1.82, 2.24) is 9.97 Å². The highest BCUT2D eigenvalue weighted by Gasteiger charge is 2.13. The summed E-state index contributed by atoms with van der Waals surface area (Å²) in [5.74, 6) is 1.59. The molecule has 4 rings (SSSR count). The topological polar surface area (TPSA) is 47.0 Å². The molecule has 0 aliphatic heterocycles. The van der Waals surface area contributed by atoms with Crippen LogP contribution in [0.2, 0.25) is 0 Å². The normalized spacial score (nSPS) is 10.4. The van der Waals surface area contributed by atoms with Gasteiger partial charge >= 0.3 is 0 Å². The molecule has 1 N–H and O–H groups in total. The maximum atomic E-state index is 5.29. The number of nitrogens with zero attached hydrogens (tertiary/aromatic N) is 2. The Morgan fingerprint density at radius 3 is 2.65 bits per heavy atom. The summed E-state index contributed by atoms with van der Waals surface area (Å²) in [7, 11) is 1.66. The Bertz CT molecular complexity index is 1040. The number of ether oxygens (including phenoxy) is 1. The van der Waals surface area contributed by atoms with Crippen molar-refractivity contribution in [2.24, 2.45) is 0 Å². The van der Waals surface area contributed by atoms with E-state index in [-0.39, 0.29) is 12.4 Å². The van der Waals surface area contributed by atoms with Crippen molar-refractivity contribution in [2.45, 2.75) is 0 Å². The maximum absolute atomic E-state index is 5.29. The largest absolute Gasteiger partial charge is 0.497 e. The molecule has 2 aromatic carbocycles. The summed E-state index contributed by atoms with van der Waals surface area (Å²) in [5.41, 5.74) is 3.18. The van der Waals surface area contributed by atoms with Gasteiger partial charge in [0.15, 0.2) is 0 Å². The highest BCUT2D eigenvalue weighted by Crippen LogP contribution is 2.37. The summed E-state index contributed by atoms with van der Waals surface area (Å²) in [5, 5.41) is 6.55. The summed E-state index contributed by atoms with van der Waals surface area (Å²) in [4.78, 5) is 9.84. The van der Waals surface area contributed by atoms with Crippen LogP contribution in [0.15, 0.2) is 64.7 Å². The first-order valence-corrected chi connectivity index (χ1v) is 9.31. The lowest BCUT2D eigenvalue weighted by molar-refractivity contribution is 0.415. The third kappa shape index (κ3) is 3.67. The van der Waals surface area contributed by atoms with Gasteiger partial charge in [-0.15, -0.1) is 23.7 Å². The minimum absolute atomic E-state index is 0. The minimum atomic E-state index is 0. The van der Waals surface area contributed by atoms with Crippen LogP contribution in [0.5, 0.6) is 5.75 Å². The fourth-order valence-electron chi connectivity index (χ4n) is 2.65. The van der Waals surface area contributed by atoms with Crippen LogP contribution in [-0.2, 0) is 0 Å². The number of halogens is 2. The molecule has 0 unspecified atom stereocenters. The first-order chi connectivity index (χ1) is 12.2. The number of benzene rings is 2. The van der Waals surface area contributed by atoms with E-state index >= 15 is 0 Å². The smallest absolute Gasteiger partial charge is 0.143 e. The van der Waals surface area contributed by atoms with E-state index in [9.17, 15) is 0 Å². The molecule has 0 atom stereocenters. The van der Waals surface area contributed by atoms with Crippen molar-refractivity contribution in [2.75, 3.05) is 12.4 Å². The molecule has 2 heterocycles. The van der Waals surface area contributed by atoms with Crippen molar-refractivity contribution in [1.29, 1.82) is 0 Å². The summed E-state index contributed by atoms with van der Waals surface area (Å²) in [6.07, 6.45) is 1.59. The lowest BCUT2D eigenvalue weighted by Gasteiger charge is -2.09. The molecular weight excluding hydrogens is 434 g/mol. The van der Waals surface area contributed by atoms with Crippen molar-refractivity contribution in [3.8, 4) is 16.9 Å². The van der Waals surface area contributed by atoms with E-state index in [0.29, 0.717) is 0 Å². The fraction of sp³-hybridized carbons (Fsp3) is 0.0526. The Hall–Kier alpha value is -2.15. The standard InChI is InChI=1S/C19H14BrN3OS.ClH/c1-24-15-4-2-3-14(9-15)23-18-17-16(10-25-19(17)22-11-21-18)12-5-7-13(20)8-6-12;/h2-11H,1H3,(H,21,22,23);1H. The van der Waals surface area contributed by atoms with Crippen LogP contribution in [0, 0.1) is 0 Å². The van der Waals surface area contributed by atoms with E-state index in [1.54, 1.807) is 24.8 Å². The van der Waals surface area contributed by atoms with Gasteiger partial charge in [0, 0.05) is 27.2 Å². The van der Waals surface area contributed by atoms with Crippen LogP contribution in [0.25, 0.3) is 21.3 Å². The van der Waals surface area contributed by atoms with Gasteiger partial charge in [0.05, 0.1) is 12.5 Å². The molecule has 132 valence electrons. The van der Waals surface area contributed by atoms with Gasteiger partial charge in [-0.25, -0.2) is 9.97 Å². The number of methoxy groups -OCH3 is 1. The quantitative estimate of drug-likeness (QED) is 0.398. The third-order valence-corrected chi connectivity index (χ3v) is 5.27. The molecule has 0 bridgehead atoms. The van der Waals surface area contributed by atoms with E-state index in [2.05, 4.69) is 48.7 Å². The second-order valence-electron chi connectivity index (χ2n) is 5.42. The molecule has 0 fully saturated rings. The number of anilines is 2. The van der Waals surface area contributed by atoms with Crippen LogP contribution >= 0.6 is 39.7 Å². The molecule has 2 aromatic heterocycles. The number of rotatable bonds is 4. The monoisotopic (exact) mass is 447 g/mol. The Balaban J connectivity index is 0.00000196. The minimum Gasteiger partial charge on any atom is -0.497 e. The van der Waals surface area contributed by atoms with Crippen LogP contribution < -0.4 is 10.1 Å². The molecule has 0 spiro atoms. The predicted molar refractivity (Wildman–Crippen MR) is 114 cm³/mol. The molecule has 0 saturated carbocycles. The van der Waals surface area contributed by atoms with Gasteiger partial charge in [-0.1, -0.05) is 34.1 Å². The molecule has 4 aromatic rings. The lowest BCUT2D eigenvalue weighted by Crippen LogP contribution is -1.96. The van der Waals surface area contributed by atoms with Gasteiger partial charge in [0.2, 0.25) is 0 Å². The van der Waals surface area contributed by atoms with Crippen LogP contribution in [0.1, 0.15) is 0 Å². The number of hydrogen-bond acceptors (Lipinski definition) is 5. The lowest BCUT2D eigenvalue weighted by atomic mass is 10.1. The summed E-state index contributed by atoms with van der Waals surface area (Å²) >= 11 is 5.10. The van der Waals surface area contributed by atoms with E-state index in [1.165, 1.54) is 0 Å². The van der Waals surface area contributed by atoms with Gasteiger partial charge in [0.1, 0.15) is 22.7 Å². The fourth-order valence-corrected chi connectivity index (χ4v) is 3.83. The Morgan fingerprint density at radius 1 is 1.08 bits per heavy atom. The zero-order valence-corrected chi connectivity index (χ0v) is 17.0. The predicted octanol–water partition coefficient (Wildman–Crippen LogP) is 6.29. The molecule has 0 radical (unpaired) electrons. The average Bonchev–Trinajstić information content (AvgIpc) is 3.08. The Labute approximate surface area is 169 Å². The van der Waals surface area contributed by atoms with Crippen molar-refractivity contribution < 1.29 is 4.74 Å². The van der Waals surface area contributed by atoms with Crippen molar-refractivity contribution in [3.63, 3.8) is 0 Å². The number of fused-ring (bicyclic) bond motifs is 1. The summed E-state index contributed by atoms with van der Waals surface area (Å²) < 4.78 is 6.35. The molecule has 4 nitrogen and oxygen atoms in total. The number of thiophene rings is 1. The highest BCUT2D eigenvalue weighted by molar-refractivity contribution is 9.10. The Morgan fingerprint density at radius 2 is 1.88 bits per heavy atom. The summed E-state index contributed by atoms with van der Waals surface area (Å²) in [6, 6.07) is 16.1. The first-order valence-electron chi connectivity index (χ1n) is 7.64. The van der Waals surface area contributed by atoms with Gasteiger partial charge in [-0.2, -0.15) is 0 Å². The number of hydrogen-bond donors (Lipinski definition) is 1. The van der Waals surface area contributed by atoms with E-state index in [4.69, 9.17) is 4.74 Å². The second-order valence-corrected chi connectivity index (χ2v) is 7.19. The maximum Gasteiger partial charge on any atom is 0.143 e. The SMILES string of the molecule is COc1cccc(Nc2ncnc3scc(-c4ccc(Br)cc4)c23)c1.Cl. The van der Waals surface area contributed by atoms with E-state index in [1.807, 2.05) is 36.4 Å². The van der Waals surface area contributed by atoms with Gasteiger partial charge < -0.3 is 10.1 Å². The average molecular weight is 449 g/mol. The second kappa shape index (κ2) is 8.03. The number of nitrogens with one attached hydrogen (secondary N) is 1. The first kappa shape index (κ1) is 18.6. The van der Waals surface area contributed by atoms with Gasteiger partial charge in [-0.3, -0.25) is 0 Å². The van der Waals surface area contributed by atoms with E-state index in [0.717, 1.165) is 43.1 Å². The van der Waals surface area contributed by atoms with Crippen LogP contribution in [-0.4, -0.2) is 17.1 Å². The van der Waals surface area contributed by atoms with Crippen molar-refractivity contribution >= 4 is 61.4 Å². The Kier molecular flexibility index (Phi) is 5.76. The van der Waals surface area contributed by atoms with Crippen LogP contribution in [0.4, 0.5) is 11.5 Å². The third-order valence-electron chi connectivity index (χ3n) is 3.86. The van der Waals surface area contributed by atoms with Crippen LogP contribution in [0.3, 0.4) is 0 Å². The van der Waals surface area contributed by atoms with Gasteiger partial charge in [0.25, 0.3) is 0 Å². The molecule has 0 amide bonds. The molecule has 7 heteroatoms. The zero-order chi connectivity index (χ0) is 17.2. The van der Waals surface area contributed by atoms with Crippen molar-refractivity contribution in [3.05, 3.63) is 64.7 Å². The molecular formula is C19H15BrClN3OS. The zero-order valence-electron chi connectivity index (χ0n) is 13.8. The molecule has 26 heavy (non-hydrogen) atoms.